The van der Waals surface area contributed by atoms with E-state index in [4.69, 9.17) is 4.42 Å². The fraction of sp³-hybridized carbons (Fsp3) is 0.529. The maximum absolute atomic E-state index is 13.1. The van der Waals surface area contributed by atoms with Gasteiger partial charge in [-0.25, -0.2) is 4.39 Å². The highest BCUT2D eigenvalue weighted by molar-refractivity contribution is 5.21. The van der Waals surface area contributed by atoms with Crippen molar-refractivity contribution in [3.05, 3.63) is 47.4 Å². The molecule has 22 heavy (non-hydrogen) atoms. The second kappa shape index (κ2) is 5.80. The molecule has 3 rings (SSSR count). The van der Waals surface area contributed by atoms with E-state index in [1.165, 1.54) is 12.1 Å². The van der Waals surface area contributed by atoms with Gasteiger partial charge in [0, 0.05) is 12.0 Å². The van der Waals surface area contributed by atoms with E-state index < -0.39 is 0 Å². The lowest BCUT2D eigenvalue weighted by Crippen LogP contribution is -2.32. The lowest BCUT2D eigenvalue weighted by atomic mass is 9.82. The molecule has 0 amide bonds. The van der Waals surface area contributed by atoms with Crippen molar-refractivity contribution in [3.63, 3.8) is 0 Å². The van der Waals surface area contributed by atoms with E-state index in [0.717, 1.165) is 24.3 Å². The average molecular weight is 303 g/mol. The van der Waals surface area contributed by atoms with Crippen LogP contribution in [0.4, 0.5) is 4.39 Å². The summed E-state index contributed by atoms with van der Waals surface area (Å²) in [6.07, 6.45) is 2.30. The van der Waals surface area contributed by atoms with Crippen LogP contribution in [-0.4, -0.2) is 10.2 Å². The first kappa shape index (κ1) is 15.2. The van der Waals surface area contributed by atoms with Gasteiger partial charge < -0.3 is 9.73 Å². The van der Waals surface area contributed by atoms with Gasteiger partial charge in [-0.1, -0.05) is 32.9 Å². The van der Waals surface area contributed by atoms with Crippen molar-refractivity contribution in [2.75, 3.05) is 0 Å². The molecule has 118 valence electrons. The molecule has 1 atom stereocenters. The van der Waals surface area contributed by atoms with Gasteiger partial charge in [0.05, 0.1) is 6.54 Å². The van der Waals surface area contributed by atoms with Gasteiger partial charge in [-0.3, -0.25) is 0 Å². The molecule has 1 heterocycles. The Bertz CT molecular complexity index is 626. The van der Waals surface area contributed by atoms with Crippen molar-refractivity contribution in [1.82, 2.24) is 15.5 Å². The third-order valence-electron chi connectivity index (χ3n) is 3.94. The average Bonchev–Trinajstić information content (AvgIpc) is 3.19. The first-order valence-electron chi connectivity index (χ1n) is 7.74. The molecule has 1 saturated carbocycles. The Hall–Kier alpha value is -1.75. The summed E-state index contributed by atoms with van der Waals surface area (Å²) in [7, 11) is 0. The molecule has 1 aromatic carbocycles. The minimum absolute atomic E-state index is 0.0167. The van der Waals surface area contributed by atoms with Gasteiger partial charge >= 0.3 is 0 Å². The van der Waals surface area contributed by atoms with Crippen LogP contribution in [0.15, 0.2) is 28.7 Å². The van der Waals surface area contributed by atoms with Gasteiger partial charge in [0.1, 0.15) is 5.82 Å². The SMILES string of the molecule is CC(C)(C)C(NCc1nnc(C2CC2)o1)c1ccc(F)cc1. The summed E-state index contributed by atoms with van der Waals surface area (Å²) in [6, 6.07) is 6.70. The first-order valence-corrected chi connectivity index (χ1v) is 7.74. The largest absolute Gasteiger partial charge is 0.424 e. The van der Waals surface area contributed by atoms with E-state index in [0.29, 0.717) is 18.4 Å². The van der Waals surface area contributed by atoms with Crippen molar-refractivity contribution >= 4 is 0 Å². The molecule has 0 aliphatic heterocycles. The minimum Gasteiger partial charge on any atom is -0.424 e. The number of nitrogens with one attached hydrogen (secondary N) is 1. The first-order chi connectivity index (χ1) is 10.4. The maximum atomic E-state index is 13.1. The van der Waals surface area contributed by atoms with Crippen molar-refractivity contribution in [2.45, 2.75) is 52.1 Å². The molecule has 1 N–H and O–H groups in total. The molecule has 5 heteroatoms. The highest BCUT2D eigenvalue weighted by Gasteiger charge is 2.30. The van der Waals surface area contributed by atoms with Crippen LogP contribution >= 0.6 is 0 Å². The van der Waals surface area contributed by atoms with E-state index in [9.17, 15) is 4.39 Å². The van der Waals surface area contributed by atoms with Crippen LogP contribution in [0, 0.1) is 11.2 Å². The molecule has 1 aliphatic rings. The predicted octanol–water partition coefficient (Wildman–Crippen LogP) is 3.96. The molecule has 0 radical (unpaired) electrons. The number of hydrogen-bond acceptors (Lipinski definition) is 4. The minimum atomic E-state index is -0.220. The summed E-state index contributed by atoms with van der Waals surface area (Å²) < 4.78 is 18.8. The topological polar surface area (TPSA) is 51.0 Å². The monoisotopic (exact) mass is 303 g/mol. The smallest absolute Gasteiger partial charge is 0.230 e. The van der Waals surface area contributed by atoms with Gasteiger partial charge in [-0.05, 0) is 36.0 Å². The normalized spacial score (nSPS) is 16.7. The van der Waals surface area contributed by atoms with Crippen LogP contribution in [0.25, 0.3) is 0 Å². The van der Waals surface area contributed by atoms with Crippen LogP contribution in [0.3, 0.4) is 0 Å². The molecule has 1 aromatic heterocycles. The zero-order valence-electron chi connectivity index (χ0n) is 13.3. The van der Waals surface area contributed by atoms with Gasteiger partial charge in [0.25, 0.3) is 0 Å². The van der Waals surface area contributed by atoms with Crippen molar-refractivity contribution in [2.24, 2.45) is 5.41 Å². The molecule has 0 spiro atoms. The quantitative estimate of drug-likeness (QED) is 0.908. The summed E-state index contributed by atoms with van der Waals surface area (Å²) in [6.45, 7) is 6.96. The number of benzene rings is 1. The van der Waals surface area contributed by atoms with Crippen LogP contribution in [0.1, 0.15) is 62.9 Å². The number of nitrogens with zero attached hydrogens (tertiary/aromatic N) is 2. The summed E-state index contributed by atoms with van der Waals surface area (Å²) >= 11 is 0. The molecule has 2 aromatic rings. The Labute approximate surface area is 130 Å². The molecular formula is C17H22FN3O. The Morgan fingerprint density at radius 3 is 2.50 bits per heavy atom. The molecule has 0 bridgehead atoms. The summed E-state index contributed by atoms with van der Waals surface area (Å²) in [5.74, 6) is 1.61. The van der Waals surface area contributed by atoms with Gasteiger partial charge in [0.2, 0.25) is 11.8 Å². The Morgan fingerprint density at radius 1 is 1.23 bits per heavy atom. The Balaban J connectivity index is 1.70. The van der Waals surface area contributed by atoms with E-state index in [1.54, 1.807) is 0 Å². The Morgan fingerprint density at radius 2 is 1.91 bits per heavy atom. The summed E-state index contributed by atoms with van der Waals surface area (Å²) in [5.41, 5.74) is 1.04. The van der Waals surface area contributed by atoms with Gasteiger partial charge in [-0.2, -0.15) is 0 Å². The number of aromatic nitrogens is 2. The molecule has 1 fully saturated rings. The van der Waals surface area contributed by atoms with Crippen LogP contribution < -0.4 is 5.32 Å². The molecule has 1 unspecified atom stereocenters. The van der Waals surface area contributed by atoms with Crippen LogP contribution in [0.5, 0.6) is 0 Å². The molecular weight excluding hydrogens is 281 g/mol. The summed E-state index contributed by atoms with van der Waals surface area (Å²) in [4.78, 5) is 0. The second-order valence-corrected chi connectivity index (χ2v) is 7.04. The lowest BCUT2D eigenvalue weighted by molar-refractivity contribution is 0.261. The molecule has 0 saturated heterocycles. The zero-order valence-corrected chi connectivity index (χ0v) is 13.3. The lowest BCUT2D eigenvalue weighted by Gasteiger charge is -2.31. The van der Waals surface area contributed by atoms with Gasteiger partial charge in [-0.15, -0.1) is 10.2 Å². The van der Waals surface area contributed by atoms with E-state index in [-0.39, 0.29) is 17.3 Å². The third kappa shape index (κ3) is 3.53. The zero-order chi connectivity index (χ0) is 15.7. The third-order valence-corrected chi connectivity index (χ3v) is 3.94. The van der Waals surface area contributed by atoms with Crippen LogP contribution in [0.2, 0.25) is 0 Å². The highest BCUT2D eigenvalue weighted by atomic mass is 19.1. The fourth-order valence-electron chi connectivity index (χ4n) is 2.60. The molecule has 4 nitrogen and oxygen atoms in total. The molecule has 1 aliphatic carbocycles. The van der Waals surface area contributed by atoms with Crippen molar-refractivity contribution in [3.8, 4) is 0 Å². The van der Waals surface area contributed by atoms with Gasteiger partial charge in [0.15, 0.2) is 0 Å². The van der Waals surface area contributed by atoms with Crippen LogP contribution in [-0.2, 0) is 6.54 Å². The number of rotatable bonds is 5. The Kier molecular flexibility index (Phi) is 4.00. The summed E-state index contributed by atoms with van der Waals surface area (Å²) in [5, 5.41) is 11.7. The maximum Gasteiger partial charge on any atom is 0.230 e. The highest BCUT2D eigenvalue weighted by Crippen LogP contribution is 2.39. The van der Waals surface area contributed by atoms with E-state index >= 15 is 0 Å². The standard InChI is InChI=1S/C17H22FN3O/c1-17(2,3)15(11-6-8-13(18)9-7-11)19-10-14-20-21-16(22-14)12-4-5-12/h6-9,12,15,19H,4-5,10H2,1-3H3. The van der Waals surface area contributed by atoms with Crippen molar-refractivity contribution < 1.29 is 8.81 Å². The van der Waals surface area contributed by atoms with E-state index in [1.807, 2.05) is 12.1 Å². The second-order valence-electron chi connectivity index (χ2n) is 7.04. The predicted molar refractivity (Wildman–Crippen MR) is 81.7 cm³/mol. The number of hydrogen-bond donors (Lipinski definition) is 1. The fourth-order valence-corrected chi connectivity index (χ4v) is 2.60. The number of halogens is 1. The van der Waals surface area contributed by atoms with E-state index in [2.05, 4.69) is 36.3 Å². The van der Waals surface area contributed by atoms with Crippen molar-refractivity contribution in [1.29, 1.82) is 0 Å².